The highest BCUT2D eigenvalue weighted by molar-refractivity contribution is 5.92. The molecule has 1 amide bonds. The van der Waals surface area contributed by atoms with E-state index in [1.165, 1.54) is 25.3 Å². The summed E-state index contributed by atoms with van der Waals surface area (Å²) in [7, 11) is 4.52. The van der Waals surface area contributed by atoms with E-state index in [0.29, 0.717) is 17.1 Å². The van der Waals surface area contributed by atoms with Crippen LogP contribution < -0.4 is 19.5 Å². The Labute approximate surface area is 152 Å². The minimum Gasteiger partial charge on any atom is -0.497 e. The van der Waals surface area contributed by atoms with Gasteiger partial charge in [-0.1, -0.05) is 6.07 Å². The van der Waals surface area contributed by atoms with Crippen molar-refractivity contribution in [1.29, 1.82) is 0 Å². The highest BCUT2D eigenvalue weighted by Gasteiger charge is 2.11. The third-order valence-corrected chi connectivity index (χ3v) is 3.84. The highest BCUT2D eigenvalue weighted by Crippen LogP contribution is 2.24. The fourth-order valence-electron chi connectivity index (χ4n) is 2.39. The lowest BCUT2D eigenvalue weighted by molar-refractivity contribution is -0.117. The van der Waals surface area contributed by atoms with Crippen LogP contribution in [0.3, 0.4) is 0 Å². The molecule has 0 aromatic heterocycles. The van der Waals surface area contributed by atoms with E-state index in [4.69, 9.17) is 14.2 Å². The van der Waals surface area contributed by atoms with Gasteiger partial charge in [0, 0.05) is 12.1 Å². The minimum atomic E-state index is -0.467. The molecule has 2 aromatic carbocycles. The number of hydrogen-bond acceptors (Lipinski definition) is 4. The zero-order valence-electron chi connectivity index (χ0n) is 15.2. The lowest BCUT2D eigenvalue weighted by Gasteiger charge is -2.14. The van der Waals surface area contributed by atoms with Crippen LogP contribution in [0.15, 0.2) is 42.5 Å². The summed E-state index contributed by atoms with van der Waals surface area (Å²) in [6.07, 6.45) is 3.06. The maximum atomic E-state index is 13.8. The molecule has 1 N–H and O–H groups in total. The number of ether oxygens (including phenoxy) is 3. The molecule has 2 aromatic rings. The predicted octanol–water partition coefficient (Wildman–Crippen LogP) is 3.74. The molecule has 0 spiro atoms. The number of carbonyl (C=O) groups excluding carboxylic acids is 1. The minimum absolute atomic E-state index is 0.166. The topological polar surface area (TPSA) is 56.8 Å². The molecular formula is C20H22FNO4. The van der Waals surface area contributed by atoms with Gasteiger partial charge in [-0.15, -0.1) is 0 Å². The standard InChI is InChI=1S/C20H22FNO4/c1-13(15-6-7-19(26-4)18(21)11-15)22-20(23)8-5-14-9-16(24-2)12-17(10-14)25-3/h5-13H,1-4H3,(H,22,23)/b8-5+/t13-/m0/s1. The van der Waals surface area contributed by atoms with Crippen molar-refractivity contribution in [3.63, 3.8) is 0 Å². The van der Waals surface area contributed by atoms with Gasteiger partial charge in [-0.2, -0.15) is 0 Å². The molecule has 0 heterocycles. The lowest BCUT2D eigenvalue weighted by atomic mass is 10.1. The molecule has 0 saturated carbocycles. The van der Waals surface area contributed by atoms with E-state index < -0.39 is 5.82 Å². The van der Waals surface area contributed by atoms with Crippen molar-refractivity contribution in [1.82, 2.24) is 5.32 Å². The number of hydrogen-bond donors (Lipinski definition) is 1. The first-order valence-electron chi connectivity index (χ1n) is 8.02. The first kappa shape index (κ1) is 19.3. The van der Waals surface area contributed by atoms with Crippen molar-refractivity contribution in [3.05, 3.63) is 59.4 Å². The van der Waals surface area contributed by atoms with Crippen LogP contribution in [-0.2, 0) is 4.79 Å². The van der Waals surface area contributed by atoms with E-state index >= 15 is 0 Å². The highest BCUT2D eigenvalue weighted by atomic mass is 19.1. The van der Waals surface area contributed by atoms with E-state index in [9.17, 15) is 9.18 Å². The molecule has 26 heavy (non-hydrogen) atoms. The Hall–Kier alpha value is -3.02. The second-order valence-corrected chi connectivity index (χ2v) is 5.60. The average Bonchev–Trinajstić information content (AvgIpc) is 2.65. The van der Waals surface area contributed by atoms with Gasteiger partial charge in [0.05, 0.1) is 27.4 Å². The van der Waals surface area contributed by atoms with Crippen molar-refractivity contribution in [2.24, 2.45) is 0 Å². The molecule has 6 heteroatoms. The van der Waals surface area contributed by atoms with Gasteiger partial charge >= 0.3 is 0 Å². The summed E-state index contributed by atoms with van der Waals surface area (Å²) >= 11 is 0. The molecule has 0 bridgehead atoms. The van der Waals surface area contributed by atoms with Gasteiger partial charge in [0.2, 0.25) is 5.91 Å². The quantitative estimate of drug-likeness (QED) is 0.765. The van der Waals surface area contributed by atoms with Gasteiger partial charge < -0.3 is 19.5 Å². The van der Waals surface area contributed by atoms with Gasteiger partial charge in [0.1, 0.15) is 11.5 Å². The zero-order chi connectivity index (χ0) is 19.1. The first-order valence-corrected chi connectivity index (χ1v) is 8.02. The molecule has 0 fully saturated rings. The van der Waals surface area contributed by atoms with Crippen LogP contribution in [0.5, 0.6) is 17.2 Å². The molecule has 138 valence electrons. The van der Waals surface area contributed by atoms with Crippen molar-refractivity contribution < 1.29 is 23.4 Å². The summed E-state index contributed by atoms with van der Waals surface area (Å²) in [5.41, 5.74) is 1.41. The number of carbonyl (C=O) groups is 1. The van der Waals surface area contributed by atoms with Crippen LogP contribution in [0.25, 0.3) is 6.08 Å². The summed E-state index contributed by atoms with van der Waals surface area (Å²) < 4.78 is 29.1. The van der Waals surface area contributed by atoms with Crippen molar-refractivity contribution in [2.75, 3.05) is 21.3 Å². The van der Waals surface area contributed by atoms with Gasteiger partial charge in [-0.3, -0.25) is 4.79 Å². The molecule has 0 aliphatic carbocycles. The van der Waals surface area contributed by atoms with Crippen molar-refractivity contribution in [2.45, 2.75) is 13.0 Å². The van der Waals surface area contributed by atoms with E-state index in [0.717, 1.165) is 5.56 Å². The molecule has 0 unspecified atom stereocenters. The fourth-order valence-corrected chi connectivity index (χ4v) is 2.39. The van der Waals surface area contributed by atoms with Crippen LogP contribution in [0.4, 0.5) is 4.39 Å². The van der Waals surface area contributed by atoms with Crippen LogP contribution in [0, 0.1) is 5.82 Å². The molecule has 0 radical (unpaired) electrons. The van der Waals surface area contributed by atoms with Crippen LogP contribution in [0.1, 0.15) is 24.1 Å². The second kappa shape index (κ2) is 8.89. The first-order chi connectivity index (χ1) is 12.5. The number of amides is 1. The Balaban J connectivity index is 2.06. The number of methoxy groups -OCH3 is 3. The molecule has 0 saturated heterocycles. The fraction of sp³-hybridized carbons (Fsp3) is 0.250. The van der Waals surface area contributed by atoms with Gasteiger partial charge in [-0.25, -0.2) is 4.39 Å². The maximum absolute atomic E-state index is 13.8. The Morgan fingerprint density at radius 2 is 1.69 bits per heavy atom. The number of nitrogens with one attached hydrogen (secondary N) is 1. The van der Waals surface area contributed by atoms with Gasteiger partial charge in [0.25, 0.3) is 0 Å². The van der Waals surface area contributed by atoms with Gasteiger partial charge in [-0.05, 0) is 48.4 Å². The SMILES string of the molecule is COc1cc(/C=C/C(=O)N[C@@H](C)c2ccc(OC)c(F)c2)cc(OC)c1. The normalized spacial score (nSPS) is 11.9. The summed E-state index contributed by atoms with van der Waals surface area (Å²) in [5, 5.41) is 2.79. The third-order valence-electron chi connectivity index (χ3n) is 3.84. The Morgan fingerprint density at radius 3 is 2.23 bits per heavy atom. The molecule has 2 rings (SSSR count). The molecule has 0 aliphatic rings. The summed E-state index contributed by atoms with van der Waals surface area (Å²) in [4.78, 5) is 12.1. The number of halogens is 1. The average molecular weight is 359 g/mol. The summed E-state index contributed by atoms with van der Waals surface area (Å²) in [6.45, 7) is 1.78. The predicted molar refractivity (Wildman–Crippen MR) is 98.1 cm³/mol. The van der Waals surface area contributed by atoms with Crippen LogP contribution >= 0.6 is 0 Å². The van der Waals surface area contributed by atoms with Gasteiger partial charge in [0.15, 0.2) is 11.6 Å². The molecular weight excluding hydrogens is 337 g/mol. The summed E-state index contributed by atoms with van der Waals surface area (Å²) in [6, 6.07) is 9.56. The zero-order valence-corrected chi connectivity index (χ0v) is 15.2. The lowest BCUT2D eigenvalue weighted by Crippen LogP contribution is -2.24. The maximum Gasteiger partial charge on any atom is 0.244 e. The largest absolute Gasteiger partial charge is 0.497 e. The Morgan fingerprint density at radius 1 is 1.04 bits per heavy atom. The van der Waals surface area contributed by atoms with E-state index in [-0.39, 0.29) is 17.7 Å². The van der Waals surface area contributed by atoms with E-state index in [1.54, 1.807) is 51.5 Å². The smallest absolute Gasteiger partial charge is 0.244 e. The Bertz CT molecular complexity index is 782. The second-order valence-electron chi connectivity index (χ2n) is 5.60. The third kappa shape index (κ3) is 4.99. The molecule has 5 nitrogen and oxygen atoms in total. The number of rotatable bonds is 7. The van der Waals surface area contributed by atoms with Crippen LogP contribution in [0.2, 0.25) is 0 Å². The van der Waals surface area contributed by atoms with Crippen LogP contribution in [-0.4, -0.2) is 27.2 Å². The number of benzene rings is 2. The molecule has 0 aliphatic heterocycles. The van der Waals surface area contributed by atoms with Crippen molar-refractivity contribution >= 4 is 12.0 Å². The van der Waals surface area contributed by atoms with E-state index in [1.807, 2.05) is 0 Å². The monoisotopic (exact) mass is 359 g/mol. The Kier molecular flexibility index (Phi) is 6.60. The van der Waals surface area contributed by atoms with Crippen molar-refractivity contribution in [3.8, 4) is 17.2 Å². The summed E-state index contributed by atoms with van der Waals surface area (Å²) in [5.74, 6) is 0.665. The van der Waals surface area contributed by atoms with E-state index in [2.05, 4.69) is 5.32 Å². The molecule has 1 atom stereocenters.